The van der Waals surface area contributed by atoms with Crippen molar-refractivity contribution >= 4 is 11.8 Å². The van der Waals surface area contributed by atoms with Crippen molar-refractivity contribution in [2.24, 2.45) is 5.41 Å². The maximum atomic E-state index is 12.0. The van der Waals surface area contributed by atoms with Gasteiger partial charge in [-0.05, 0) is 43.6 Å². The number of ether oxygens (including phenoxy) is 1. The van der Waals surface area contributed by atoms with Crippen LogP contribution >= 0.6 is 0 Å². The van der Waals surface area contributed by atoms with Crippen LogP contribution in [0.25, 0.3) is 0 Å². The van der Waals surface area contributed by atoms with E-state index in [9.17, 15) is 14.7 Å². The number of methoxy groups -OCH3 is 1. The number of hydrogen-bond acceptors (Lipinski definition) is 4. The molecule has 4 nitrogen and oxygen atoms in total. The molecule has 116 valence electrons. The number of allylic oxidation sites excluding steroid dienone is 3. The van der Waals surface area contributed by atoms with Gasteiger partial charge in [-0.3, -0.25) is 4.79 Å². The summed E-state index contributed by atoms with van der Waals surface area (Å²) in [6, 6.07) is 0. The molecule has 0 amide bonds. The molecule has 1 unspecified atom stereocenters. The van der Waals surface area contributed by atoms with E-state index in [1.165, 1.54) is 13.2 Å². The fourth-order valence-electron chi connectivity index (χ4n) is 2.57. The average Bonchev–Trinajstić information content (AvgIpc) is 2.40. The number of aliphatic hydroxyl groups is 1. The van der Waals surface area contributed by atoms with Crippen LogP contribution in [0.3, 0.4) is 0 Å². The van der Waals surface area contributed by atoms with E-state index >= 15 is 0 Å². The van der Waals surface area contributed by atoms with Gasteiger partial charge in [-0.25, -0.2) is 4.79 Å². The van der Waals surface area contributed by atoms with Crippen LogP contribution in [0.4, 0.5) is 0 Å². The molecule has 0 radical (unpaired) electrons. The summed E-state index contributed by atoms with van der Waals surface area (Å²) in [5.41, 5.74) is 0.127. The molecule has 0 aromatic carbocycles. The highest BCUT2D eigenvalue weighted by Gasteiger charge is 2.48. The van der Waals surface area contributed by atoms with E-state index in [-0.39, 0.29) is 12.2 Å². The first kappa shape index (κ1) is 17.4. The second-order valence-electron chi connectivity index (χ2n) is 6.25. The van der Waals surface area contributed by atoms with Gasteiger partial charge < -0.3 is 9.84 Å². The molecular formula is C17H24O4. The van der Waals surface area contributed by atoms with E-state index < -0.39 is 17.0 Å². The Morgan fingerprint density at radius 1 is 1.33 bits per heavy atom. The van der Waals surface area contributed by atoms with Gasteiger partial charge >= 0.3 is 5.97 Å². The Kier molecular flexibility index (Phi) is 4.95. The Labute approximate surface area is 126 Å². The molecular weight excluding hydrogens is 268 g/mol. The van der Waals surface area contributed by atoms with Crippen molar-refractivity contribution < 1.29 is 19.4 Å². The first-order valence-electron chi connectivity index (χ1n) is 6.94. The Morgan fingerprint density at radius 3 is 2.43 bits per heavy atom. The largest absolute Gasteiger partial charge is 0.466 e. The number of hydrogen-bond donors (Lipinski definition) is 1. The fraction of sp³-hybridized carbons (Fsp3) is 0.529. The van der Waals surface area contributed by atoms with Crippen molar-refractivity contribution in [2.45, 2.75) is 46.6 Å². The summed E-state index contributed by atoms with van der Waals surface area (Å²) in [6.45, 7) is 9.00. The monoisotopic (exact) mass is 292 g/mol. The van der Waals surface area contributed by atoms with Gasteiger partial charge in [0.1, 0.15) is 5.60 Å². The summed E-state index contributed by atoms with van der Waals surface area (Å²) >= 11 is 0. The topological polar surface area (TPSA) is 63.6 Å². The zero-order chi connectivity index (χ0) is 16.4. The molecule has 21 heavy (non-hydrogen) atoms. The summed E-state index contributed by atoms with van der Waals surface area (Å²) in [7, 11) is 1.31. The highest BCUT2D eigenvalue weighted by Crippen LogP contribution is 2.46. The maximum Gasteiger partial charge on any atom is 0.330 e. The minimum atomic E-state index is -1.21. The number of ketones is 1. The van der Waals surface area contributed by atoms with Gasteiger partial charge in [0.05, 0.1) is 7.11 Å². The zero-order valence-corrected chi connectivity index (χ0v) is 13.6. The van der Waals surface area contributed by atoms with Crippen molar-refractivity contribution in [2.75, 3.05) is 7.11 Å². The SMILES string of the molecule is COC(=O)C=C(C)/C=C/C1(O)C(C)=C(C)C(=O)CC1(C)C. The molecule has 0 bridgehead atoms. The van der Waals surface area contributed by atoms with Crippen LogP contribution in [0.5, 0.6) is 0 Å². The second kappa shape index (κ2) is 5.98. The van der Waals surface area contributed by atoms with Crippen molar-refractivity contribution in [1.29, 1.82) is 0 Å². The van der Waals surface area contributed by atoms with E-state index in [2.05, 4.69) is 4.74 Å². The third-order valence-electron chi connectivity index (χ3n) is 4.32. The summed E-state index contributed by atoms with van der Waals surface area (Å²) in [6.07, 6.45) is 4.99. The third-order valence-corrected chi connectivity index (χ3v) is 4.32. The van der Waals surface area contributed by atoms with Crippen LogP contribution in [0.15, 0.2) is 34.9 Å². The van der Waals surface area contributed by atoms with Crippen molar-refractivity contribution in [3.8, 4) is 0 Å². The normalized spacial score (nSPS) is 26.4. The van der Waals surface area contributed by atoms with E-state index in [4.69, 9.17) is 0 Å². The van der Waals surface area contributed by atoms with Gasteiger partial charge in [0.25, 0.3) is 0 Å². The van der Waals surface area contributed by atoms with Crippen molar-refractivity contribution in [3.05, 3.63) is 34.9 Å². The second-order valence-corrected chi connectivity index (χ2v) is 6.25. The summed E-state index contributed by atoms with van der Waals surface area (Å²) in [5, 5.41) is 11.1. The molecule has 0 aliphatic heterocycles. The van der Waals surface area contributed by atoms with Gasteiger partial charge in [-0.15, -0.1) is 0 Å². The van der Waals surface area contributed by atoms with E-state index in [1.807, 2.05) is 13.8 Å². The molecule has 0 heterocycles. The summed E-state index contributed by atoms with van der Waals surface area (Å²) < 4.78 is 4.57. The third kappa shape index (κ3) is 3.32. The first-order chi connectivity index (χ1) is 9.55. The van der Waals surface area contributed by atoms with Gasteiger partial charge in [0.2, 0.25) is 0 Å². The van der Waals surface area contributed by atoms with Crippen molar-refractivity contribution in [3.63, 3.8) is 0 Å². The van der Waals surface area contributed by atoms with E-state index in [0.717, 1.165) is 0 Å². The minimum Gasteiger partial charge on any atom is -0.466 e. The molecule has 0 saturated carbocycles. The smallest absolute Gasteiger partial charge is 0.330 e. The molecule has 0 spiro atoms. The first-order valence-corrected chi connectivity index (χ1v) is 6.94. The van der Waals surface area contributed by atoms with Gasteiger partial charge in [0, 0.05) is 17.9 Å². The number of carbonyl (C=O) groups excluding carboxylic acids is 2. The molecule has 0 fully saturated rings. The lowest BCUT2D eigenvalue weighted by atomic mass is 9.62. The highest BCUT2D eigenvalue weighted by molar-refractivity contribution is 5.97. The quantitative estimate of drug-likeness (QED) is 0.493. The Hall–Kier alpha value is -1.68. The lowest BCUT2D eigenvalue weighted by Crippen LogP contribution is -2.49. The van der Waals surface area contributed by atoms with Crippen LogP contribution in [-0.4, -0.2) is 29.6 Å². The molecule has 0 aromatic heterocycles. The van der Waals surface area contributed by atoms with Crippen LogP contribution in [0.2, 0.25) is 0 Å². The number of Topliss-reactive ketones (excluding diaryl/α,β-unsaturated/α-hetero) is 1. The number of esters is 1. The molecule has 1 rings (SSSR count). The van der Waals surface area contributed by atoms with Crippen molar-refractivity contribution in [1.82, 2.24) is 0 Å². The van der Waals surface area contributed by atoms with Crippen LogP contribution in [0, 0.1) is 5.41 Å². The predicted molar refractivity (Wildman–Crippen MR) is 81.6 cm³/mol. The van der Waals surface area contributed by atoms with Crippen LogP contribution in [-0.2, 0) is 14.3 Å². The lowest BCUT2D eigenvalue weighted by molar-refractivity contribution is -0.134. The summed E-state index contributed by atoms with van der Waals surface area (Å²) in [5.74, 6) is -0.372. The van der Waals surface area contributed by atoms with E-state index in [1.54, 1.807) is 32.9 Å². The maximum absolute atomic E-state index is 12.0. The molecule has 0 aromatic rings. The molecule has 1 N–H and O–H groups in total. The van der Waals surface area contributed by atoms with Crippen LogP contribution < -0.4 is 0 Å². The fourth-order valence-corrected chi connectivity index (χ4v) is 2.57. The standard InChI is InChI=1S/C17H24O4/c1-11(9-15(19)21-6)7-8-17(20)13(3)12(2)14(18)10-16(17,4)5/h7-9,20H,10H2,1-6H3/b8-7+,11-9?. The van der Waals surface area contributed by atoms with E-state index in [0.29, 0.717) is 16.7 Å². The Morgan fingerprint density at radius 2 is 1.90 bits per heavy atom. The number of carbonyl (C=O) groups is 2. The summed E-state index contributed by atoms with van der Waals surface area (Å²) in [4.78, 5) is 23.2. The molecule has 0 saturated heterocycles. The predicted octanol–water partition coefficient (Wildman–Crippen LogP) is 2.73. The van der Waals surface area contributed by atoms with Gasteiger partial charge in [-0.2, -0.15) is 0 Å². The zero-order valence-electron chi connectivity index (χ0n) is 13.6. The Balaban J connectivity index is 3.22. The number of rotatable bonds is 3. The van der Waals surface area contributed by atoms with Crippen LogP contribution in [0.1, 0.15) is 41.0 Å². The molecule has 1 aliphatic carbocycles. The average molecular weight is 292 g/mol. The lowest BCUT2D eigenvalue weighted by Gasteiger charge is -2.45. The minimum absolute atomic E-state index is 0.0670. The molecule has 4 heteroatoms. The molecule has 1 aliphatic rings. The Bertz CT molecular complexity index is 549. The van der Waals surface area contributed by atoms with Gasteiger partial charge in [-0.1, -0.05) is 19.9 Å². The highest BCUT2D eigenvalue weighted by atomic mass is 16.5. The van der Waals surface area contributed by atoms with Gasteiger partial charge in [0.15, 0.2) is 5.78 Å². The molecule has 1 atom stereocenters.